The van der Waals surface area contributed by atoms with Crippen LogP contribution in [0.15, 0.2) is 0 Å². The molecular weight excluding hydrogens is 231 g/mol. The van der Waals surface area contributed by atoms with Crippen LogP contribution in [0.5, 0.6) is 0 Å². The third kappa shape index (κ3) is 3.78. The van der Waals surface area contributed by atoms with Gasteiger partial charge in [-0.2, -0.15) is 0 Å². The summed E-state index contributed by atoms with van der Waals surface area (Å²) in [4.78, 5) is 16.8. The second-order valence-corrected chi connectivity index (χ2v) is 4.30. The fourth-order valence-corrected chi connectivity index (χ4v) is 1.44. The van der Waals surface area contributed by atoms with Gasteiger partial charge in [0.25, 0.3) is 0 Å². The van der Waals surface area contributed by atoms with Crippen LogP contribution < -0.4 is 0 Å². The van der Waals surface area contributed by atoms with Gasteiger partial charge in [0.1, 0.15) is 24.4 Å². The lowest BCUT2D eigenvalue weighted by atomic mass is 10.0. The predicted octanol–water partition coefficient (Wildman–Crippen LogP) is -2.42. The molecule has 0 aromatic rings. The first-order valence-electron chi connectivity index (χ1n) is 4.54. The van der Waals surface area contributed by atoms with Gasteiger partial charge in [-0.1, -0.05) is 0 Å². The van der Waals surface area contributed by atoms with Crippen molar-refractivity contribution in [2.45, 2.75) is 24.4 Å². The van der Waals surface area contributed by atoms with E-state index in [2.05, 4.69) is 4.52 Å². The molecule has 0 aliphatic carbocycles. The fourth-order valence-electron chi connectivity index (χ4n) is 1.09. The number of aliphatic hydroxyl groups excluding tert-OH is 2. The lowest BCUT2D eigenvalue weighted by molar-refractivity contribution is -0.194. The highest BCUT2D eigenvalue weighted by molar-refractivity contribution is 7.46. The van der Waals surface area contributed by atoms with Crippen LogP contribution in [0.2, 0.25) is 0 Å². The van der Waals surface area contributed by atoms with E-state index in [0.29, 0.717) is 0 Å². The maximum absolute atomic E-state index is 10.4. The molecule has 0 spiro atoms. The minimum absolute atomic E-state index is 0.597. The molecule has 15 heavy (non-hydrogen) atoms. The van der Waals surface area contributed by atoms with E-state index in [1.165, 1.54) is 0 Å². The van der Waals surface area contributed by atoms with Gasteiger partial charge in [-0.3, -0.25) is 4.52 Å². The molecule has 0 amide bonds. The highest BCUT2D eigenvalue weighted by atomic mass is 31.2. The van der Waals surface area contributed by atoms with E-state index in [1.807, 2.05) is 0 Å². The van der Waals surface area contributed by atoms with Crippen LogP contribution in [0, 0.1) is 0 Å². The van der Waals surface area contributed by atoms with Crippen molar-refractivity contribution < 1.29 is 40.3 Å². The number of ether oxygens (including phenoxy) is 1. The Kier molecular flexibility index (Phi) is 3.70. The third-order valence-electron chi connectivity index (χ3n) is 1.90. The Hall–Kier alpha value is -0.0500. The van der Waals surface area contributed by atoms with Crippen molar-refractivity contribution in [2.24, 2.45) is 0 Å². The number of rotatable bonds is 3. The SMILES string of the molecule is [2H][C@]1(O)CO[C@H](COP(=O)(O)O)[C@@H](O)[C@@H]1O. The summed E-state index contributed by atoms with van der Waals surface area (Å²) in [6.07, 6.45) is -7.03. The summed E-state index contributed by atoms with van der Waals surface area (Å²) in [6, 6.07) is 0. The molecule has 0 aromatic carbocycles. The molecule has 8 nitrogen and oxygen atoms in total. The van der Waals surface area contributed by atoms with Crippen LogP contribution in [0.25, 0.3) is 0 Å². The highest BCUT2D eigenvalue weighted by Gasteiger charge is 2.38. The standard InChI is InChI=1S/C6H13O8P/c7-3-1-13-4(6(9)5(3)8)2-14-15(10,11)12/h3-9H,1-2H2,(H2,10,11,12)/t3-,4+,5+,6+/m0/s1/i3D. The van der Waals surface area contributed by atoms with E-state index < -0.39 is 45.4 Å². The quantitative estimate of drug-likeness (QED) is 0.346. The van der Waals surface area contributed by atoms with Crippen molar-refractivity contribution in [1.29, 1.82) is 0 Å². The highest BCUT2D eigenvalue weighted by Crippen LogP contribution is 2.36. The van der Waals surface area contributed by atoms with E-state index in [4.69, 9.17) is 15.9 Å². The Morgan fingerprint density at radius 3 is 2.53 bits per heavy atom. The lowest BCUT2D eigenvalue weighted by Gasteiger charge is -2.34. The maximum Gasteiger partial charge on any atom is 0.469 e. The second kappa shape index (κ2) is 4.86. The van der Waals surface area contributed by atoms with E-state index >= 15 is 0 Å². The van der Waals surface area contributed by atoms with Crippen LogP contribution in [-0.2, 0) is 13.8 Å². The summed E-state index contributed by atoms with van der Waals surface area (Å²) in [5.74, 6) is 0. The van der Waals surface area contributed by atoms with Gasteiger partial charge in [0.15, 0.2) is 0 Å². The van der Waals surface area contributed by atoms with Gasteiger partial charge < -0.3 is 29.8 Å². The monoisotopic (exact) mass is 245 g/mol. The summed E-state index contributed by atoms with van der Waals surface area (Å²) in [6.45, 7) is -1.25. The van der Waals surface area contributed by atoms with Crippen molar-refractivity contribution in [1.82, 2.24) is 0 Å². The number of aliphatic hydroxyl groups is 3. The zero-order valence-electron chi connectivity index (χ0n) is 8.55. The molecule has 4 atom stereocenters. The Bertz CT molecular complexity index is 290. The number of phosphoric acid groups is 1. The summed E-state index contributed by atoms with van der Waals surface area (Å²) in [7, 11) is -4.69. The fraction of sp³-hybridized carbons (Fsp3) is 1.00. The summed E-state index contributed by atoms with van der Waals surface area (Å²) >= 11 is 0. The molecule has 1 fully saturated rings. The van der Waals surface area contributed by atoms with Crippen LogP contribution >= 0.6 is 7.82 Å². The Morgan fingerprint density at radius 2 is 2.00 bits per heavy atom. The molecular formula is C6H13O8P. The van der Waals surface area contributed by atoms with Crippen LogP contribution in [-0.4, -0.2) is 62.7 Å². The molecule has 0 radical (unpaired) electrons. The van der Waals surface area contributed by atoms with Crippen LogP contribution in [0.4, 0.5) is 0 Å². The van der Waals surface area contributed by atoms with E-state index in [9.17, 15) is 19.9 Å². The van der Waals surface area contributed by atoms with Crippen molar-refractivity contribution in [3.8, 4) is 0 Å². The van der Waals surface area contributed by atoms with Gasteiger partial charge in [-0.05, 0) is 0 Å². The van der Waals surface area contributed by atoms with Crippen molar-refractivity contribution in [3.63, 3.8) is 0 Å². The first-order chi connectivity index (χ1) is 7.13. The molecule has 0 bridgehead atoms. The summed E-state index contributed by atoms with van der Waals surface area (Å²) in [5.41, 5.74) is 0. The van der Waals surface area contributed by atoms with Gasteiger partial charge >= 0.3 is 7.82 Å². The van der Waals surface area contributed by atoms with Gasteiger partial charge in [-0.15, -0.1) is 0 Å². The van der Waals surface area contributed by atoms with E-state index in [-0.39, 0.29) is 0 Å². The Morgan fingerprint density at radius 1 is 1.40 bits per heavy atom. The van der Waals surface area contributed by atoms with Gasteiger partial charge in [0, 0.05) is 0 Å². The average molecular weight is 245 g/mol. The van der Waals surface area contributed by atoms with Gasteiger partial charge in [0.05, 0.1) is 14.6 Å². The molecule has 1 aliphatic heterocycles. The molecule has 0 unspecified atom stereocenters. The molecule has 5 N–H and O–H groups in total. The topological polar surface area (TPSA) is 137 Å². The summed E-state index contributed by atoms with van der Waals surface area (Å²) < 4.78 is 26.3. The normalized spacial score (nSPS) is 43.8. The van der Waals surface area contributed by atoms with Crippen molar-refractivity contribution in [3.05, 3.63) is 0 Å². The van der Waals surface area contributed by atoms with Crippen molar-refractivity contribution in [2.75, 3.05) is 13.2 Å². The maximum atomic E-state index is 10.4. The minimum atomic E-state index is -4.69. The van der Waals surface area contributed by atoms with Gasteiger partial charge in [0.2, 0.25) is 0 Å². The molecule has 90 valence electrons. The Balaban J connectivity index is 2.55. The minimum Gasteiger partial charge on any atom is -0.388 e. The van der Waals surface area contributed by atoms with E-state index in [0.717, 1.165) is 0 Å². The molecule has 9 heteroatoms. The van der Waals surface area contributed by atoms with Crippen LogP contribution in [0.1, 0.15) is 1.37 Å². The molecule has 1 heterocycles. The first kappa shape index (κ1) is 11.4. The largest absolute Gasteiger partial charge is 0.469 e. The molecule has 1 rings (SSSR count). The number of hydrogen-bond donors (Lipinski definition) is 5. The average Bonchev–Trinajstić information content (AvgIpc) is 2.12. The molecule has 1 aliphatic rings. The number of hydrogen-bond acceptors (Lipinski definition) is 6. The predicted molar refractivity (Wildman–Crippen MR) is 45.8 cm³/mol. The smallest absolute Gasteiger partial charge is 0.388 e. The molecule has 0 aromatic heterocycles. The second-order valence-electron chi connectivity index (χ2n) is 3.06. The zero-order chi connectivity index (χ0) is 12.6. The summed E-state index contributed by atoms with van der Waals surface area (Å²) in [5, 5.41) is 27.9. The molecule has 0 saturated carbocycles. The third-order valence-corrected chi connectivity index (χ3v) is 2.38. The number of phosphoric ester groups is 1. The first-order valence-corrected chi connectivity index (χ1v) is 5.57. The van der Waals surface area contributed by atoms with Crippen molar-refractivity contribution >= 4 is 7.82 Å². The van der Waals surface area contributed by atoms with Crippen LogP contribution in [0.3, 0.4) is 0 Å². The van der Waals surface area contributed by atoms with Gasteiger partial charge in [-0.25, -0.2) is 4.57 Å². The van der Waals surface area contributed by atoms with E-state index in [1.54, 1.807) is 0 Å². The molecule has 1 saturated heterocycles. The lowest BCUT2D eigenvalue weighted by Crippen LogP contribution is -2.54. The Labute approximate surface area is 86.7 Å². The zero-order valence-corrected chi connectivity index (χ0v) is 8.45.